The standard InChI is InChI=1S/C23H27NO4/c1-26-15-18-8-4-3-7-17(18)14-24-22(25)23(11-5-2-6-12-23)19-9-10-20-21(13-19)28-16-27-20/h3-4,7-10,13H,2,5-6,11-12,14-16H2,1H3,(H,24,25). The van der Waals surface area contributed by atoms with Gasteiger partial charge < -0.3 is 19.5 Å². The molecule has 0 spiro atoms. The highest BCUT2D eigenvalue weighted by Gasteiger charge is 2.41. The van der Waals surface area contributed by atoms with Crippen LogP contribution in [0.25, 0.3) is 0 Å². The van der Waals surface area contributed by atoms with Gasteiger partial charge in [0, 0.05) is 13.7 Å². The van der Waals surface area contributed by atoms with Crippen molar-refractivity contribution < 1.29 is 19.0 Å². The van der Waals surface area contributed by atoms with E-state index in [1.54, 1.807) is 7.11 Å². The fourth-order valence-electron chi connectivity index (χ4n) is 4.37. The normalized spacial score (nSPS) is 17.3. The van der Waals surface area contributed by atoms with Crippen LogP contribution in [0.3, 0.4) is 0 Å². The first-order valence-electron chi connectivity index (χ1n) is 9.97. The van der Waals surface area contributed by atoms with Crippen molar-refractivity contribution >= 4 is 5.91 Å². The molecule has 1 N–H and O–H groups in total. The van der Waals surface area contributed by atoms with Crippen molar-refractivity contribution in [3.05, 3.63) is 59.2 Å². The van der Waals surface area contributed by atoms with Gasteiger partial charge in [-0.25, -0.2) is 0 Å². The van der Waals surface area contributed by atoms with Crippen LogP contribution >= 0.6 is 0 Å². The number of carbonyl (C=O) groups is 1. The maximum atomic E-state index is 13.4. The van der Waals surface area contributed by atoms with Gasteiger partial charge in [0.25, 0.3) is 0 Å². The van der Waals surface area contributed by atoms with Crippen molar-refractivity contribution in [1.29, 1.82) is 0 Å². The van der Waals surface area contributed by atoms with E-state index in [2.05, 4.69) is 5.32 Å². The van der Waals surface area contributed by atoms with Crippen LogP contribution in [-0.2, 0) is 28.1 Å². The Morgan fingerprint density at radius 2 is 1.79 bits per heavy atom. The molecule has 0 radical (unpaired) electrons. The summed E-state index contributed by atoms with van der Waals surface area (Å²) in [7, 11) is 1.69. The van der Waals surface area contributed by atoms with Crippen molar-refractivity contribution in [2.75, 3.05) is 13.9 Å². The van der Waals surface area contributed by atoms with Gasteiger partial charge in [-0.3, -0.25) is 4.79 Å². The van der Waals surface area contributed by atoms with Gasteiger partial charge in [-0.1, -0.05) is 49.6 Å². The second kappa shape index (κ2) is 8.23. The third kappa shape index (κ3) is 3.59. The van der Waals surface area contributed by atoms with Crippen LogP contribution < -0.4 is 14.8 Å². The zero-order chi connectivity index (χ0) is 19.4. The largest absolute Gasteiger partial charge is 0.454 e. The number of nitrogens with one attached hydrogen (secondary N) is 1. The number of hydrogen-bond acceptors (Lipinski definition) is 4. The molecule has 1 aliphatic carbocycles. The molecule has 1 saturated carbocycles. The summed E-state index contributed by atoms with van der Waals surface area (Å²) in [6.45, 7) is 1.29. The Hall–Kier alpha value is -2.53. The van der Waals surface area contributed by atoms with E-state index in [0.717, 1.165) is 53.9 Å². The van der Waals surface area contributed by atoms with Crippen molar-refractivity contribution in [2.45, 2.75) is 50.7 Å². The fourth-order valence-corrected chi connectivity index (χ4v) is 4.37. The Kier molecular flexibility index (Phi) is 5.53. The quantitative estimate of drug-likeness (QED) is 0.819. The predicted molar refractivity (Wildman–Crippen MR) is 106 cm³/mol. The lowest BCUT2D eigenvalue weighted by Crippen LogP contribution is -2.45. The molecular weight excluding hydrogens is 354 g/mol. The average molecular weight is 381 g/mol. The molecule has 1 fully saturated rings. The molecule has 5 nitrogen and oxygen atoms in total. The van der Waals surface area contributed by atoms with Crippen LogP contribution in [0.5, 0.6) is 11.5 Å². The minimum atomic E-state index is -0.505. The van der Waals surface area contributed by atoms with E-state index in [0.29, 0.717) is 13.2 Å². The van der Waals surface area contributed by atoms with E-state index >= 15 is 0 Å². The number of carbonyl (C=O) groups excluding carboxylic acids is 1. The molecule has 1 aliphatic heterocycles. The summed E-state index contributed by atoms with van der Waals surface area (Å²) in [6.07, 6.45) is 5.01. The Morgan fingerprint density at radius 1 is 1.04 bits per heavy atom. The van der Waals surface area contributed by atoms with Crippen LogP contribution in [0.15, 0.2) is 42.5 Å². The molecule has 1 heterocycles. The molecule has 0 unspecified atom stereocenters. The Morgan fingerprint density at radius 3 is 2.57 bits per heavy atom. The highest BCUT2D eigenvalue weighted by atomic mass is 16.7. The zero-order valence-corrected chi connectivity index (χ0v) is 16.3. The van der Waals surface area contributed by atoms with E-state index in [1.165, 1.54) is 6.42 Å². The first-order valence-corrected chi connectivity index (χ1v) is 9.97. The molecule has 5 heteroatoms. The SMILES string of the molecule is COCc1ccccc1CNC(=O)C1(c2ccc3c(c2)OCO3)CCCCC1. The first-order chi connectivity index (χ1) is 13.7. The minimum absolute atomic E-state index is 0.0956. The van der Waals surface area contributed by atoms with Crippen molar-refractivity contribution in [1.82, 2.24) is 5.32 Å². The Labute approximate surface area is 166 Å². The van der Waals surface area contributed by atoms with E-state index in [-0.39, 0.29) is 12.7 Å². The van der Waals surface area contributed by atoms with Gasteiger partial charge in [0.1, 0.15) is 0 Å². The highest BCUT2D eigenvalue weighted by Crippen LogP contribution is 2.43. The van der Waals surface area contributed by atoms with Gasteiger partial charge in [0.05, 0.1) is 12.0 Å². The molecule has 2 aliphatic rings. The van der Waals surface area contributed by atoms with Crippen LogP contribution in [-0.4, -0.2) is 19.8 Å². The molecule has 1 amide bonds. The second-order valence-corrected chi connectivity index (χ2v) is 7.60. The summed E-state index contributed by atoms with van der Waals surface area (Å²) in [5.74, 6) is 1.59. The van der Waals surface area contributed by atoms with E-state index in [4.69, 9.17) is 14.2 Å². The van der Waals surface area contributed by atoms with E-state index < -0.39 is 5.41 Å². The van der Waals surface area contributed by atoms with E-state index in [1.807, 2.05) is 42.5 Å². The van der Waals surface area contributed by atoms with Gasteiger partial charge in [-0.2, -0.15) is 0 Å². The van der Waals surface area contributed by atoms with Crippen LogP contribution in [0.1, 0.15) is 48.8 Å². The topological polar surface area (TPSA) is 56.8 Å². The van der Waals surface area contributed by atoms with Gasteiger partial charge >= 0.3 is 0 Å². The molecule has 0 saturated heterocycles. The number of hydrogen-bond donors (Lipinski definition) is 1. The third-order valence-electron chi connectivity index (χ3n) is 5.92. The first kappa shape index (κ1) is 18.8. The van der Waals surface area contributed by atoms with Crippen molar-refractivity contribution in [3.8, 4) is 11.5 Å². The Bertz CT molecular complexity index is 842. The summed E-state index contributed by atoms with van der Waals surface area (Å²) >= 11 is 0. The number of fused-ring (bicyclic) bond motifs is 1. The summed E-state index contributed by atoms with van der Waals surface area (Å²) in [5, 5.41) is 3.21. The lowest BCUT2D eigenvalue weighted by Gasteiger charge is -2.36. The van der Waals surface area contributed by atoms with E-state index in [9.17, 15) is 4.79 Å². The maximum Gasteiger partial charge on any atom is 0.231 e. The molecule has 4 rings (SSSR count). The molecule has 0 atom stereocenters. The van der Waals surface area contributed by atoms with Crippen molar-refractivity contribution in [2.24, 2.45) is 0 Å². The molecule has 0 bridgehead atoms. The molecule has 28 heavy (non-hydrogen) atoms. The molecular formula is C23H27NO4. The Balaban J connectivity index is 1.57. The fraction of sp³-hybridized carbons (Fsp3) is 0.435. The van der Waals surface area contributed by atoms with Gasteiger partial charge in [0.15, 0.2) is 11.5 Å². The average Bonchev–Trinajstić information content (AvgIpc) is 3.21. The van der Waals surface area contributed by atoms with Crippen molar-refractivity contribution in [3.63, 3.8) is 0 Å². The number of methoxy groups -OCH3 is 1. The molecule has 2 aromatic rings. The lowest BCUT2D eigenvalue weighted by molar-refractivity contribution is -0.128. The van der Waals surface area contributed by atoms with Crippen LogP contribution in [0, 0.1) is 0 Å². The zero-order valence-electron chi connectivity index (χ0n) is 16.3. The molecule has 148 valence electrons. The monoisotopic (exact) mass is 381 g/mol. The van der Waals surface area contributed by atoms with Gasteiger partial charge in [-0.15, -0.1) is 0 Å². The lowest BCUT2D eigenvalue weighted by atomic mass is 9.68. The van der Waals surface area contributed by atoms with Gasteiger partial charge in [-0.05, 0) is 41.7 Å². The number of rotatable bonds is 6. The molecule has 0 aromatic heterocycles. The predicted octanol–water partition coefficient (Wildman–Crippen LogP) is 4.08. The molecule has 2 aromatic carbocycles. The minimum Gasteiger partial charge on any atom is -0.454 e. The summed E-state index contributed by atoms with van der Waals surface area (Å²) < 4.78 is 16.3. The summed E-state index contributed by atoms with van der Waals surface area (Å²) in [5.41, 5.74) is 2.72. The smallest absolute Gasteiger partial charge is 0.231 e. The summed E-state index contributed by atoms with van der Waals surface area (Å²) in [6, 6.07) is 14.0. The number of amides is 1. The summed E-state index contributed by atoms with van der Waals surface area (Å²) in [4.78, 5) is 13.4. The van der Waals surface area contributed by atoms with Crippen LogP contribution in [0.4, 0.5) is 0 Å². The van der Waals surface area contributed by atoms with Gasteiger partial charge in [0.2, 0.25) is 12.7 Å². The number of benzene rings is 2. The highest BCUT2D eigenvalue weighted by molar-refractivity contribution is 5.88. The van der Waals surface area contributed by atoms with Crippen LogP contribution in [0.2, 0.25) is 0 Å². The third-order valence-corrected chi connectivity index (χ3v) is 5.92. The number of ether oxygens (including phenoxy) is 3. The maximum absolute atomic E-state index is 13.4. The second-order valence-electron chi connectivity index (χ2n) is 7.60.